The fraction of sp³-hybridized carbons (Fsp3) is 0.500. The van der Waals surface area contributed by atoms with Crippen molar-refractivity contribution >= 4 is 33.0 Å². The standard InChI is InChI=1S/C26H29ClF3NO6S/c1-14-7-16-9-18(12-19(14)26(16,33)13-37-6-5-36-2)38(34,35)23-8-15(3-4-20(23)27)25(32)31-17-10-21(28)24(30)22(29)11-17/h3-4,8,10-11,14,16,18-19,33H,5-7,9,12-13H2,1-2H3,(H,31,32)/t14-,16?,18-,19-,26-/m1/s1. The number of aliphatic hydroxyl groups is 1. The summed E-state index contributed by atoms with van der Waals surface area (Å²) in [5.74, 6) is -6.02. The van der Waals surface area contributed by atoms with E-state index in [9.17, 15) is 31.5 Å². The van der Waals surface area contributed by atoms with Crippen LogP contribution in [0.25, 0.3) is 0 Å². The van der Waals surface area contributed by atoms with Crippen LogP contribution in [0.4, 0.5) is 18.9 Å². The molecule has 1 unspecified atom stereocenters. The highest BCUT2D eigenvalue weighted by molar-refractivity contribution is 7.92. The summed E-state index contributed by atoms with van der Waals surface area (Å²) in [4.78, 5) is 12.5. The van der Waals surface area contributed by atoms with Gasteiger partial charge in [-0.25, -0.2) is 21.6 Å². The van der Waals surface area contributed by atoms with Crippen molar-refractivity contribution in [3.05, 3.63) is 58.4 Å². The molecule has 208 valence electrons. The molecule has 2 aliphatic carbocycles. The number of carbonyl (C=O) groups excluding carboxylic acids is 1. The summed E-state index contributed by atoms with van der Waals surface area (Å²) in [6, 6.07) is 4.88. The van der Waals surface area contributed by atoms with Crippen LogP contribution >= 0.6 is 11.6 Å². The number of nitrogens with one attached hydrogen (secondary N) is 1. The first-order chi connectivity index (χ1) is 17.9. The summed E-state index contributed by atoms with van der Waals surface area (Å²) in [6.07, 6.45) is 1.06. The van der Waals surface area contributed by atoms with Crippen LogP contribution < -0.4 is 5.32 Å². The van der Waals surface area contributed by atoms with Gasteiger partial charge in [0.2, 0.25) is 0 Å². The molecule has 4 rings (SSSR count). The lowest BCUT2D eigenvalue weighted by molar-refractivity contribution is -0.120. The fourth-order valence-corrected chi connectivity index (χ4v) is 8.15. The van der Waals surface area contributed by atoms with Crippen molar-refractivity contribution in [3.8, 4) is 0 Å². The number of fused-ring (bicyclic) bond motifs is 2. The van der Waals surface area contributed by atoms with Gasteiger partial charge in [-0.15, -0.1) is 0 Å². The van der Waals surface area contributed by atoms with Crippen molar-refractivity contribution in [2.24, 2.45) is 17.8 Å². The molecule has 0 radical (unpaired) electrons. The van der Waals surface area contributed by atoms with E-state index in [2.05, 4.69) is 5.32 Å². The van der Waals surface area contributed by atoms with Crippen LogP contribution in [-0.2, 0) is 19.3 Å². The first-order valence-corrected chi connectivity index (χ1v) is 14.1. The fourth-order valence-electron chi connectivity index (χ4n) is 5.78. The molecule has 0 heterocycles. The second-order valence-electron chi connectivity index (χ2n) is 10.0. The van der Waals surface area contributed by atoms with Crippen LogP contribution in [0.15, 0.2) is 35.2 Å². The first-order valence-electron chi connectivity index (χ1n) is 12.2. The Morgan fingerprint density at radius 3 is 2.45 bits per heavy atom. The number of rotatable bonds is 9. The number of sulfone groups is 1. The molecule has 5 atom stereocenters. The van der Waals surface area contributed by atoms with Crippen molar-refractivity contribution < 1.29 is 41.0 Å². The molecule has 0 saturated heterocycles. The van der Waals surface area contributed by atoms with E-state index in [-0.39, 0.29) is 58.4 Å². The third-order valence-corrected chi connectivity index (χ3v) is 10.4. The highest BCUT2D eigenvalue weighted by Gasteiger charge is 2.58. The molecule has 2 bridgehead atoms. The van der Waals surface area contributed by atoms with E-state index in [0.717, 1.165) is 6.07 Å². The maximum atomic E-state index is 13.7. The summed E-state index contributed by atoms with van der Waals surface area (Å²) in [7, 11) is -2.47. The molecular formula is C26H29ClF3NO6S. The molecule has 2 aromatic carbocycles. The third kappa shape index (κ3) is 5.44. The Bertz CT molecular complexity index is 1300. The average Bonchev–Trinajstić information content (AvgIpc) is 2.97. The maximum Gasteiger partial charge on any atom is 0.255 e. The van der Waals surface area contributed by atoms with E-state index >= 15 is 0 Å². The van der Waals surface area contributed by atoms with Gasteiger partial charge in [0.15, 0.2) is 27.3 Å². The Balaban J connectivity index is 1.55. The molecule has 1 amide bonds. The van der Waals surface area contributed by atoms with E-state index in [4.69, 9.17) is 21.1 Å². The Morgan fingerprint density at radius 2 is 1.82 bits per heavy atom. The van der Waals surface area contributed by atoms with E-state index in [1.165, 1.54) is 12.1 Å². The monoisotopic (exact) mass is 575 g/mol. The van der Waals surface area contributed by atoms with Crippen LogP contribution in [0.3, 0.4) is 0 Å². The molecule has 2 aromatic rings. The Hall–Kier alpha value is -2.18. The largest absolute Gasteiger partial charge is 0.387 e. The van der Waals surface area contributed by atoms with Crippen LogP contribution in [-0.4, -0.2) is 57.2 Å². The zero-order valence-electron chi connectivity index (χ0n) is 20.8. The summed E-state index contributed by atoms with van der Waals surface area (Å²) >= 11 is 6.26. The van der Waals surface area contributed by atoms with Gasteiger partial charge in [0.05, 0.1) is 40.6 Å². The molecule has 0 aliphatic heterocycles. The number of anilines is 1. The first kappa shape index (κ1) is 28.8. The molecule has 2 saturated carbocycles. The van der Waals surface area contributed by atoms with Crippen LogP contribution in [0.2, 0.25) is 5.02 Å². The van der Waals surface area contributed by atoms with Crippen LogP contribution in [0, 0.1) is 35.2 Å². The molecule has 38 heavy (non-hydrogen) atoms. The second kappa shape index (κ2) is 11.1. The van der Waals surface area contributed by atoms with Crippen LogP contribution in [0.1, 0.15) is 36.5 Å². The smallest absolute Gasteiger partial charge is 0.255 e. The topological polar surface area (TPSA) is 102 Å². The normalized spacial score (nSPS) is 26.9. The van der Waals surface area contributed by atoms with Gasteiger partial charge in [-0.1, -0.05) is 18.5 Å². The predicted octanol–water partition coefficient (Wildman–Crippen LogP) is 4.61. The van der Waals surface area contributed by atoms with Gasteiger partial charge in [0.25, 0.3) is 5.91 Å². The minimum absolute atomic E-state index is 0.0791. The van der Waals surface area contributed by atoms with Gasteiger partial charge < -0.3 is 19.9 Å². The summed E-state index contributed by atoms with van der Waals surface area (Å²) in [5, 5.41) is 12.8. The molecule has 7 nitrogen and oxygen atoms in total. The van der Waals surface area contributed by atoms with E-state index in [1.807, 2.05) is 6.92 Å². The average molecular weight is 576 g/mol. The lowest BCUT2D eigenvalue weighted by Crippen LogP contribution is -2.52. The second-order valence-corrected chi connectivity index (χ2v) is 12.6. The van der Waals surface area contributed by atoms with Crippen molar-refractivity contribution in [3.63, 3.8) is 0 Å². The molecule has 12 heteroatoms. The van der Waals surface area contributed by atoms with Crippen molar-refractivity contribution in [2.45, 2.75) is 41.9 Å². The van der Waals surface area contributed by atoms with E-state index in [1.54, 1.807) is 7.11 Å². The molecular weight excluding hydrogens is 547 g/mol. The molecule has 0 spiro atoms. The number of amides is 1. The minimum atomic E-state index is -4.02. The SMILES string of the molecule is COCCOC[C@@]1(O)C2C[C@@H](S(=O)(=O)c3cc(C(=O)Nc4cc(F)c(F)c(F)c4)ccc3Cl)C[C@@H]1[C@H](C)C2. The molecule has 2 aliphatic rings. The lowest BCUT2D eigenvalue weighted by Gasteiger charge is -2.42. The summed E-state index contributed by atoms with van der Waals surface area (Å²) in [6.45, 7) is 2.77. The zero-order chi connectivity index (χ0) is 27.8. The van der Waals surface area contributed by atoms with Crippen molar-refractivity contribution in [1.29, 1.82) is 0 Å². The minimum Gasteiger partial charge on any atom is -0.387 e. The number of hydrogen-bond donors (Lipinski definition) is 2. The predicted molar refractivity (Wildman–Crippen MR) is 134 cm³/mol. The van der Waals surface area contributed by atoms with Crippen LogP contribution in [0.5, 0.6) is 0 Å². The van der Waals surface area contributed by atoms with Gasteiger partial charge in [-0.05, 0) is 55.2 Å². The number of carbonyl (C=O) groups is 1. The summed E-state index contributed by atoms with van der Waals surface area (Å²) in [5.41, 5.74) is -1.60. The number of benzene rings is 2. The zero-order valence-corrected chi connectivity index (χ0v) is 22.4. The Labute approximate surface area is 224 Å². The number of ether oxygens (including phenoxy) is 2. The van der Waals surface area contributed by atoms with E-state index < -0.39 is 44.0 Å². The quantitative estimate of drug-likeness (QED) is 0.334. The number of methoxy groups -OCH3 is 1. The van der Waals surface area contributed by atoms with Gasteiger partial charge in [0, 0.05) is 30.5 Å². The highest BCUT2D eigenvalue weighted by Crippen LogP contribution is 2.54. The molecule has 0 aromatic heterocycles. The lowest BCUT2D eigenvalue weighted by atomic mass is 9.73. The Morgan fingerprint density at radius 1 is 1.13 bits per heavy atom. The highest BCUT2D eigenvalue weighted by atomic mass is 35.5. The van der Waals surface area contributed by atoms with Crippen molar-refractivity contribution in [1.82, 2.24) is 0 Å². The van der Waals surface area contributed by atoms with Gasteiger partial charge in [0.1, 0.15) is 0 Å². The van der Waals surface area contributed by atoms with Gasteiger partial charge in [-0.2, -0.15) is 0 Å². The van der Waals surface area contributed by atoms with E-state index in [0.29, 0.717) is 31.8 Å². The van der Waals surface area contributed by atoms with Gasteiger partial charge >= 0.3 is 0 Å². The Kier molecular flexibility index (Phi) is 8.44. The third-order valence-electron chi connectivity index (χ3n) is 7.70. The van der Waals surface area contributed by atoms with Crippen molar-refractivity contribution in [2.75, 3.05) is 32.2 Å². The number of halogens is 4. The summed E-state index contributed by atoms with van der Waals surface area (Å²) < 4.78 is 78.3. The molecule has 2 N–H and O–H groups in total. The molecule has 2 fully saturated rings. The number of hydrogen-bond acceptors (Lipinski definition) is 6. The maximum absolute atomic E-state index is 13.7. The van der Waals surface area contributed by atoms with Gasteiger partial charge in [-0.3, -0.25) is 4.79 Å².